The summed E-state index contributed by atoms with van der Waals surface area (Å²) >= 11 is 3.27. The van der Waals surface area contributed by atoms with E-state index in [-0.39, 0.29) is 10.7 Å². The number of hydrogen-bond donors (Lipinski definition) is 3. The summed E-state index contributed by atoms with van der Waals surface area (Å²) in [7, 11) is -3.73. The summed E-state index contributed by atoms with van der Waals surface area (Å²) in [5.41, 5.74) is 4.37. The van der Waals surface area contributed by atoms with Crippen molar-refractivity contribution in [2.45, 2.75) is 18.7 Å². The lowest BCUT2D eigenvalue weighted by molar-refractivity contribution is 0.600. The van der Waals surface area contributed by atoms with Crippen molar-refractivity contribution in [1.82, 2.24) is 4.98 Å². The van der Waals surface area contributed by atoms with Crippen molar-refractivity contribution in [3.05, 3.63) is 46.1 Å². The van der Waals surface area contributed by atoms with Crippen molar-refractivity contribution in [2.75, 3.05) is 10.1 Å². The largest absolute Gasteiger partial charge is 0.324 e. The Balaban J connectivity index is 2.48. The number of sulfonamides is 1. The molecule has 0 amide bonds. The van der Waals surface area contributed by atoms with Crippen LogP contribution in [0.25, 0.3) is 0 Å². The smallest absolute Gasteiger partial charge is 0.263 e. The number of nitrogens with zero attached hydrogens (tertiary/aromatic N) is 1. The lowest BCUT2D eigenvalue weighted by Gasteiger charge is -2.14. The molecule has 0 spiro atoms. The summed E-state index contributed by atoms with van der Waals surface area (Å²) in [6, 6.07) is 6.77. The van der Waals surface area contributed by atoms with Crippen LogP contribution in [0.3, 0.4) is 0 Å². The van der Waals surface area contributed by atoms with Crippen LogP contribution in [-0.2, 0) is 10.0 Å². The first kappa shape index (κ1) is 15.7. The number of nitrogens with two attached hydrogens (primary N) is 1. The third kappa shape index (κ3) is 3.34. The molecule has 2 aromatic rings. The highest BCUT2D eigenvalue weighted by molar-refractivity contribution is 9.10. The zero-order valence-electron chi connectivity index (χ0n) is 11.5. The molecule has 21 heavy (non-hydrogen) atoms. The second-order valence-electron chi connectivity index (χ2n) is 4.52. The van der Waals surface area contributed by atoms with E-state index in [4.69, 9.17) is 5.84 Å². The maximum absolute atomic E-state index is 12.6. The molecule has 4 N–H and O–H groups in total. The Morgan fingerprint density at radius 2 is 1.86 bits per heavy atom. The van der Waals surface area contributed by atoms with E-state index in [9.17, 15) is 8.42 Å². The molecule has 0 radical (unpaired) electrons. The second-order valence-corrected chi connectivity index (χ2v) is 7.00. The molecule has 6 nitrogen and oxygen atoms in total. The van der Waals surface area contributed by atoms with Gasteiger partial charge >= 0.3 is 0 Å². The van der Waals surface area contributed by atoms with Crippen LogP contribution in [0.1, 0.15) is 11.1 Å². The molecule has 1 aromatic heterocycles. The van der Waals surface area contributed by atoms with Crippen LogP contribution in [0.4, 0.5) is 11.5 Å². The summed E-state index contributed by atoms with van der Waals surface area (Å²) in [5, 5.41) is 0. The zero-order valence-corrected chi connectivity index (χ0v) is 13.9. The van der Waals surface area contributed by atoms with Crippen LogP contribution in [-0.4, -0.2) is 13.4 Å². The number of rotatable bonds is 4. The van der Waals surface area contributed by atoms with Gasteiger partial charge in [-0.15, -0.1) is 0 Å². The van der Waals surface area contributed by atoms with Crippen molar-refractivity contribution in [2.24, 2.45) is 5.84 Å². The van der Waals surface area contributed by atoms with Crippen LogP contribution in [0.15, 0.2) is 39.8 Å². The normalized spacial score (nSPS) is 11.2. The minimum Gasteiger partial charge on any atom is -0.324 e. The summed E-state index contributed by atoms with van der Waals surface area (Å²) < 4.78 is 28.2. The fourth-order valence-corrected chi connectivity index (χ4v) is 4.07. The molecule has 8 heteroatoms. The SMILES string of the molecule is Cc1cc(NN)cc(C)c1S(=O)(=O)Nc1ncccc1Br. The van der Waals surface area contributed by atoms with E-state index in [0.29, 0.717) is 21.3 Å². The van der Waals surface area contributed by atoms with E-state index >= 15 is 0 Å². The molecule has 112 valence electrons. The first-order valence-electron chi connectivity index (χ1n) is 6.06. The number of nitrogens with one attached hydrogen (secondary N) is 2. The Kier molecular flexibility index (Phi) is 4.50. The topological polar surface area (TPSA) is 97.1 Å². The highest BCUT2D eigenvalue weighted by Gasteiger charge is 2.21. The molecule has 1 heterocycles. The van der Waals surface area contributed by atoms with Gasteiger partial charge in [0.15, 0.2) is 5.82 Å². The number of nitrogen functional groups attached to an aromatic ring is 1. The Labute approximate surface area is 131 Å². The number of aromatic nitrogens is 1. The van der Waals surface area contributed by atoms with Gasteiger partial charge in [-0.1, -0.05) is 0 Å². The van der Waals surface area contributed by atoms with Gasteiger partial charge in [-0.05, 0) is 65.2 Å². The van der Waals surface area contributed by atoms with Gasteiger partial charge in [0.25, 0.3) is 10.0 Å². The lowest BCUT2D eigenvalue weighted by atomic mass is 10.1. The van der Waals surface area contributed by atoms with E-state index in [1.165, 1.54) is 6.20 Å². The van der Waals surface area contributed by atoms with Crippen molar-refractivity contribution in [3.8, 4) is 0 Å². The second kappa shape index (κ2) is 6.00. The Hall–Kier alpha value is -1.64. The van der Waals surface area contributed by atoms with Crippen LogP contribution >= 0.6 is 15.9 Å². The quantitative estimate of drug-likeness (QED) is 0.567. The third-order valence-corrected chi connectivity index (χ3v) is 5.17. The molecule has 0 atom stereocenters. The standard InChI is InChI=1S/C13H15BrN4O2S/c1-8-6-10(17-15)7-9(2)12(8)21(19,20)18-13-11(14)4-3-5-16-13/h3-7,17H,15H2,1-2H3,(H,16,18). The molecular formula is C13H15BrN4O2S. The first-order valence-corrected chi connectivity index (χ1v) is 8.34. The van der Waals surface area contributed by atoms with Gasteiger partial charge in [0.2, 0.25) is 0 Å². The van der Waals surface area contributed by atoms with E-state index < -0.39 is 10.0 Å². The summed E-state index contributed by atoms with van der Waals surface area (Å²) in [4.78, 5) is 4.23. The average Bonchev–Trinajstić information content (AvgIpc) is 2.40. The molecule has 1 aromatic carbocycles. The van der Waals surface area contributed by atoms with Crippen molar-refractivity contribution in [1.29, 1.82) is 0 Å². The Morgan fingerprint density at radius 3 is 2.38 bits per heavy atom. The van der Waals surface area contributed by atoms with Crippen molar-refractivity contribution < 1.29 is 8.42 Å². The maximum atomic E-state index is 12.6. The van der Waals surface area contributed by atoms with Gasteiger partial charge in [0, 0.05) is 11.9 Å². The van der Waals surface area contributed by atoms with E-state index in [0.717, 1.165) is 0 Å². The fourth-order valence-electron chi connectivity index (χ4n) is 2.10. The van der Waals surface area contributed by atoms with Crippen LogP contribution < -0.4 is 16.0 Å². The molecule has 0 saturated heterocycles. The number of hydrazine groups is 1. The number of anilines is 2. The predicted molar refractivity (Wildman–Crippen MR) is 86.5 cm³/mol. The molecule has 0 unspecified atom stereocenters. The van der Waals surface area contributed by atoms with Gasteiger partial charge in [0.05, 0.1) is 9.37 Å². The maximum Gasteiger partial charge on any atom is 0.263 e. The Morgan fingerprint density at radius 1 is 1.24 bits per heavy atom. The van der Waals surface area contributed by atoms with Crippen LogP contribution in [0.2, 0.25) is 0 Å². The highest BCUT2D eigenvalue weighted by atomic mass is 79.9. The molecule has 2 rings (SSSR count). The summed E-state index contributed by atoms with van der Waals surface area (Å²) in [6.45, 7) is 3.44. The van der Waals surface area contributed by atoms with Crippen LogP contribution in [0, 0.1) is 13.8 Å². The average molecular weight is 371 g/mol. The Bertz CT molecular complexity index is 754. The monoisotopic (exact) mass is 370 g/mol. The van der Waals surface area contributed by atoms with Crippen molar-refractivity contribution >= 4 is 37.5 Å². The minimum atomic E-state index is -3.73. The molecule has 0 bridgehead atoms. The lowest BCUT2D eigenvalue weighted by Crippen LogP contribution is -2.17. The van der Waals surface area contributed by atoms with Gasteiger partial charge in [-0.2, -0.15) is 0 Å². The number of aryl methyl sites for hydroxylation is 2. The third-order valence-electron chi connectivity index (χ3n) is 2.89. The molecule has 0 fully saturated rings. The van der Waals surface area contributed by atoms with Gasteiger partial charge in [-0.25, -0.2) is 13.4 Å². The molecule has 0 aliphatic rings. The molecular weight excluding hydrogens is 356 g/mol. The molecule has 0 aliphatic carbocycles. The molecule has 0 saturated carbocycles. The predicted octanol–water partition coefficient (Wildman–Crippen LogP) is 2.55. The van der Waals surface area contributed by atoms with Crippen LogP contribution in [0.5, 0.6) is 0 Å². The van der Waals surface area contributed by atoms with Crippen molar-refractivity contribution in [3.63, 3.8) is 0 Å². The van der Waals surface area contributed by atoms with E-state index in [1.807, 2.05) is 0 Å². The van der Waals surface area contributed by atoms with Gasteiger partial charge in [-0.3, -0.25) is 10.6 Å². The number of benzene rings is 1. The fraction of sp³-hybridized carbons (Fsp3) is 0.154. The first-order chi connectivity index (χ1) is 9.85. The number of hydrogen-bond acceptors (Lipinski definition) is 5. The van der Waals surface area contributed by atoms with Gasteiger partial charge in [0.1, 0.15) is 0 Å². The zero-order chi connectivity index (χ0) is 15.6. The van der Waals surface area contributed by atoms with E-state index in [1.54, 1.807) is 38.1 Å². The number of pyridine rings is 1. The number of halogens is 1. The van der Waals surface area contributed by atoms with Gasteiger partial charge < -0.3 is 5.43 Å². The minimum absolute atomic E-state index is 0.221. The van der Waals surface area contributed by atoms with E-state index in [2.05, 4.69) is 31.1 Å². The summed E-state index contributed by atoms with van der Waals surface area (Å²) in [6.07, 6.45) is 1.52. The summed E-state index contributed by atoms with van der Waals surface area (Å²) in [5.74, 6) is 5.61. The highest BCUT2D eigenvalue weighted by Crippen LogP contribution is 2.27. The molecule has 0 aliphatic heterocycles.